The van der Waals surface area contributed by atoms with E-state index in [1.807, 2.05) is 13.0 Å². The van der Waals surface area contributed by atoms with Crippen LogP contribution in [0.4, 0.5) is 4.39 Å². The highest BCUT2D eigenvalue weighted by atomic mass is 32.2. The number of methoxy groups -OCH3 is 1. The number of hydrogen-bond acceptors (Lipinski definition) is 3. The SMILES string of the molecule is CCc1ccc(OC)c(S(=O)(=O)NCC2(c3ccc(F)cc3)CC2)c1. The van der Waals surface area contributed by atoms with Gasteiger partial charge in [-0.2, -0.15) is 0 Å². The lowest BCUT2D eigenvalue weighted by Gasteiger charge is -2.18. The minimum absolute atomic E-state index is 0.157. The molecule has 0 aromatic heterocycles. The number of ether oxygens (including phenoxy) is 1. The lowest BCUT2D eigenvalue weighted by atomic mass is 9.96. The number of sulfonamides is 1. The minimum Gasteiger partial charge on any atom is -0.495 e. The number of aryl methyl sites for hydroxylation is 1. The smallest absolute Gasteiger partial charge is 0.244 e. The van der Waals surface area contributed by atoms with Crippen molar-refractivity contribution < 1.29 is 17.5 Å². The Morgan fingerprint density at radius 2 is 1.84 bits per heavy atom. The van der Waals surface area contributed by atoms with Crippen LogP contribution < -0.4 is 9.46 Å². The monoisotopic (exact) mass is 363 g/mol. The molecule has 0 saturated heterocycles. The molecule has 0 heterocycles. The topological polar surface area (TPSA) is 55.4 Å². The Bertz CT molecular complexity index is 859. The Hall–Kier alpha value is -1.92. The maximum atomic E-state index is 13.1. The molecule has 0 unspecified atom stereocenters. The largest absolute Gasteiger partial charge is 0.495 e. The van der Waals surface area contributed by atoms with Gasteiger partial charge in [-0.05, 0) is 54.7 Å². The van der Waals surface area contributed by atoms with E-state index in [0.29, 0.717) is 12.3 Å². The zero-order valence-corrected chi connectivity index (χ0v) is 15.2. The predicted molar refractivity (Wildman–Crippen MR) is 94.9 cm³/mol. The fourth-order valence-electron chi connectivity index (χ4n) is 2.98. The van der Waals surface area contributed by atoms with Crippen molar-refractivity contribution in [1.82, 2.24) is 4.72 Å². The summed E-state index contributed by atoms with van der Waals surface area (Å²) in [6.07, 6.45) is 2.51. The number of nitrogens with one attached hydrogen (secondary N) is 1. The lowest BCUT2D eigenvalue weighted by Crippen LogP contribution is -2.32. The second-order valence-corrected chi connectivity index (χ2v) is 8.19. The molecule has 25 heavy (non-hydrogen) atoms. The zero-order valence-electron chi connectivity index (χ0n) is 14.4. The van der Waals surface area contributed by atoms with Crippen LogP contribution in [0.2, 0.25) is 0 Å². The molecule has 2 aromatic carbocycles. The first-order valence-electron chi connectivity index (χ1n) is 8.33. The second-order valence-electron chi connectivity index (χ2n) is 6.45. The van der Waals surface area contributed by atoms with E-state index in [2.05, 4.69) is 4.72 Å². The van der Waals surface area contributed by atoms with Crippen molar-refractivity contribution >= 4 is 10.0 Å². The van der Waals surface area contributed by atoms with E-state index >= 15 is 0 Å². The van der Waals surface area contributed by atoms with Gasteiger partial charge in [0.05, 0.1) is 7.11 Å². The Morgan fingerprint density at radius 1 is 1.16 bits per heavy atom. The van der Waals surface area contributed by atoms with Crippen molar-refractivity contribution in [1.29, 1.82) is 0 Å². The first kappa shape index (κ1) is 17.9. The zero-order chi connectivity index (χ0) is 18.1. The van der Waals surface area contributed by atoms with Crippen molar-refractivity contribution in [2.75, 3.05) is 13.7 Å². The van der Waals surface area contributed by atoms with E-state index in [1.54, 1.807) is 24.3 Å². The summed E-state index contributed by atoms with van der Waals surface area (Å²) in [5, 5.41) is 0. The molecule has 0 bridgehead atoms. The standard InChI is InChI=1S/C19H22FNO3S/c1-3-14-4-9-17(24-2)18(12-14)25(22,23)21-13-19(10-11-19)15-5-7-16(20)8-6-15/h4-9,12,21H,3,10-11,13H2,1-2H3. The van der Waals surface area contributed by atoms with Gasteiger partial charge in [-0.3, -0.25) is 0 Å². The van der Waals surface area contributed by atoms with Crippen LogP contribution in [-0.2, 0) is 21.9 Å². The van der Waals surface area contributed by atoms with Gasteiger partial charge >= 0.3 is 0 Å². The third kappa shape index (κ3) is 3.70. The maximum absolute atomic E-state index is 13.1. The molecule has 0 spiro atoms. The van der Waals surface area contributed by atoms with E-state index in [4.69, 9.17) is 4.74 Å². The molecule has 1 aliphatic rings. The van der Waals surface area contributed by atoms with Crippen LogP contribution in [0.1, 0.15) is 30.9 Å². The van der Waals surface area contributed by atoms with Crippen LogP contribution >= 0.6 is 0 Å². The quantitative estimate of drug-likeness (QED) is 0.820. The van der Waals surface area contributed by atoms with Crippen LogP contribution in [-0.4, -0.2) is 22.1 Å². The molecular formula is C19H22FNO3S. The fourth-order valence-corrected chi connectivity index (χ4v) is 4.33. The van der Waals surface area contributed by atoms with Crippen LogP contribution in [0, 0.1) is 5.82 Å². The molecule has 4 nitrogen and oxygen atoms in total. The molecular weight excluding hydrogens is 341 g/mol. The number of rotatable bonds is 7. The fraction of sp³-hybridized carbons (Fsp3) is 0.368. The van der Waals surface area contributed by atoms with Crippen molar-refractivity contribution in [3.8, 4) is 5.75 Å². The average Bonchev–Trinajstić information content (AvgIpc) is 3.41. The highest BCUT2D eigenvalue weighted by Gasteiger charge is 2.45. The van der Waals surface area contributed by atoms with Crippen molar-refractivity contribution in [2.45, 2.75) is 36.5 Å². The van der Waals surface area contributed by atoms with E-state index in [0.717, 1.165) is 30.4 Å². The Morgan fingerprint density at radius 3 is 2.40 bits per heavy atom. The van der Waals surface area contributed by atoms with E-state index in [9.17, 15) is 12.8 Å². The van der Waals surface area contributed by atoms with E-state index in [1.165, 1.54) is 19.2 Å². The highest BCUT2D eigenvalue weighted by molar-refractivity contribution is 7.89. The van der Waals surface area contributed by atoms with Crippen LogP contribution in [0.5, 0.6) is 5.75 Å². The summed E-state index contributed by atoms with van der Waals surface area (Å²) in [6.45, 7) is 2.26. The summed E-state index contributed by atoms with van der Waals surface area (Å²) < 4.78 is 46.6. The van der Waals surface area contributed by atoms with Crippen LogP contribution in [0.25, 0.3) is 0 Å². The van der Waals surface area contributed by atoms with Crippen molar-refractivity contribution in [3.05, 3.63) is 59.4 Å². The van der Waals surface area contributed by atoms with Crippen LogP contribution in [0.3, 0.4) is 0 Å². The van der Waals surface area contributed by atoms with Gasteiger partial charge in [0.15, 0.2) is 0 Å². The van der Waals surface area contributed by atoms with Crippen LogP contribution in [0.15, 0.2) is 47.4 Å². The Balaban J connectivity index is 1.82. The molecule has 2 aromatic rings. The van der Waals surface area contributed by atoms with Gasteiger partial charge in [0, 0.05) is 12.0 Å². The summed E-state index contributed by atoms with van der Waals surface area (Å²) in [5.74, 6) is 0.0394. The summed E-state index contributed by atoms with van der Waals surface area (Å²) in [5.41, 5.74) is 1.66. The number of halogens is 1. The molecule has 134 valence electrons. The van der Waals surface area contributed by atoms with Gasteiger partial charge in [-0.15, -0.1) is 0 Å². The van der Waals surface area contributed by atoms with Crippen molar-refractivity contribution in [2.24, 2.45) is 0 Å². The molecule has 1 fully saturated rings. The molecule has 6 heteroatoms. The van der Waals surface area contributed by atoms with Gasteiger partial charge in [0.1, 0.15) is 16.5 Å². The maximum Gasteiger partial charge on any atom is 0.244 e. The number of benzene rings is 2. The van der Waals surface area contributed by atoms with Gasteiger partial charge in [0.2, 0.25) is 10.0 Å². The number of hydrogen-bond donors (Lipinski definition) is 1. The summed E-state index contributed by atoms with van der Waals surface area (Å²) >= 11 is 0. The minimum atomic E-state index is -3.69. The third-order valence-electron chi connectivity index (χ3n) is 4.84. The molecule has 1 N–H and O–H groups in total. The molecule has 0 atom stereocenters. The molecule has 0 amide bonds. The molecule has 0 aliphatic heterocycles. The van der Waals surface area contributed by atoms with E-state index in [-0.39, 0.29) is 16.1 Å². The van der Waals surface area contributed by atoms with Gasteiger partial charge < -0.3 is 4.74 Å². The normalized spacial score (nSPS) is 15.8. The second kappa shape index (κ2) is 6.77. The molecule has 0 radical (unpaired) electrons. The Kier molecular flexibility index (Phi) is 4.84. The van der Waals surface area contributed by atoms with Gasteiger partial charge in [-0.25, -0.2) is 17.5 Å². The summed E-state index contributed by atoms with van der Waals surface area (Å²) in [7, 11) is -2.23. The molecule has 3 rings (SSSR count). The third-order valence-corrected chi connectivity index (χ3v) is 6.26. The first-order chi connectivity index (χ1) is 11.9. The molecule has 1 aliphatic carbocycles. The Labute approximate surface area is 148 Å². The van der Waals surface area contributed by atoms with Gasteiger partial charge in [0.25, 0.3) is 0 Å². The highest BCUT2D eigenvalue weighted by Crippen LogP contribution is 2.47. The van der Waals surface area contributed by atoms with E-state index < -0.39 is 10.0 Å². The first-order valence-corrected chi connectivity index (χ1v) is 9.81. The average molecular weight is 363 g/mol. The predicted octanol–water partition coefficient (Wildman–Crippen LogP) is 3.41. The lowest BCUT2D eigenvalue weighted by molar-refractivity contribution is 0.402. The summed E-state index contributed by atoms with van der Waals surface area (Å²) in [6, 6.07) is 11.5. The van der Waals surface area contributed by atoms with Gasteiger partial charge in [-0.1, -0.05) is 25.1 Å². The summed E-state index contributed by atoms with van der Waals surface area (Å²) in [4.78, 5) is 0.157. The van der Waals surface area contributed by atoms with Crippen molar-refractivity contribution in [3.63, 3.8) is 0 Å². The molecule has 1 saturated carbocycles.